The lowest BCUT2D eigenvalue weighted by molar-refractivity contribution is -0.121. The molecule has 0 spiro atoms. The summed E-state index contributed by atoms with van der Waals surface area (Å²) >= 11 is 0. The fraction of sp³-hybridized carbons (Fsp3) is 0.333. The van der Waals surface area contributed by atoms with E-state index in [1.165, 1.54) is 0 Å². The van der Waals surface area contributed by atoms with Gasteiger partial charge in [0, 0.05) is 6.20 Å². The monoisotopic (exact) mass is 177 g/mol. The summed E-state index contributed by atoms with van der Waals surface area (Å²) in [4.78, 5) is 15.2. The number of anilines is 1. The van der Waals surface area contributed by atoms with Crippen LogP contribution in [0, 0.1) is 5.92 Å². The molecule has 13 heavy (non-hydrogen) atoms. The van der Waals surface area contributed by atoms with Crippen molar-refractivity contribution >= 4 is 11.6 Å². The van der Waals surface area contributed by atoms with E-state index in [2.05, 4.69) is 10.4 Å². The highest BCUT2D eigenvalue weighted by Crippen LogP contribution is 2.16. The molecule has 1 aliphatic rings. The average molecular weight is 177 g/mol. The zero-order chi connectivity index (χ0) is 9.26. The fourth-order valence-electron chi connectivity index (χ4n) is 1.33. The van der Waals surface area contributed by atoms with E-state index in [1.807, 2.05) is 24.1 Å². The van der Waals surface area contributed by atoms with Crippen LogP contribution in [-0.4, -0.2) is 17.4 Å². The Morgan fingerprint density at radius 1 is 1.69 bits per heavy atom. The Morgan fingerprint density at radius 3 is 3.08 bits per heavy atom. The molecule has 1 aliphatic heterocycles. The van der Waals surface area contributed by atoms with E-state index in [4.69, 9.17) is 0 Å². The molecule has 68 valence electrons. The largest absolute Gasteiger partial charge is 0.283 e. The molecule has 1 aromatic rings. The van der Waals surface area contributed by atoms with Crippen molar-refractivity contribution in [1.82, 2.24) is 10.4 Å². The number of nitrogens with zero attached hydrogens (tertiary/aromatic N) is 2. The molecule has 0 aromatic carbocycles. The Bertz CT molecular complexity index is 312. The Labute approximate surface area is 76.5 Å². The van der Waals surface area contributed by atoms with Gasteiger partial charge in [-0.1, -0.05) is 6.92 Å². The number of carbonyl (C=O) groups is 1. The van der Waals surface area contributed by atoms with Gasteiger partial charge in [0.2, 0.25) is 5.91 Å². The van der Waals surface area contributed by atoms with Crippen LogP contribution >= 0.6 is 0 Å². The molecule has 4 heteroatoms. The first-order valence-corrected chi connectivity index (χ1v) is 4.25. The quantitative estimate of drug-likeness (QED) is 0.682. The average Bonchev–Trinajstić information content (AvgIpc) is 2.49. The molecule has 4 nitrogen and oxygen atoms in total. The summed E-state index contributed by atoms with van der Waals surface area (Å²) in [6.07, 6.45) is 3.45. The van der Waals surface area contributed by atoms with Crippen LogP contribution in [0.5, 0.6) is 0 Å². The normalized spacial score (nSPS) is 21.8. The van der Waals surface area contributed by atoms with Gasteiger partial charge >= 0.3 is 0 Å². The summed E-state index contributed by atoms with van der Waals surface area (Å²) in [6, 6.07) is 3.77. The number of amides is 1. The lowest BCUT2D eigenvalue weighted by Gasteiger charge is -2.16. The van der Waals surface area contributed by atoms with Gasteiger partial charge in [0.1, 0.15) is 0 Å². The second-order valence-electron chi connectivity index (χ2n) is 3.20. The highest BCUT2D eigenvalue weighted by molar-refractivity contribution is 5.83. The minimum absolute atomic E-state index is 0.0557. The number of carbonyl (C=O) groups excluding carboxylic acids is 1. The third-order valence-electron chi connectivity index (χ3n) is 2.11. The molecule has 2 heterocycles. The maximum Gasteiger partial charge on any atom is 0.243 e. The summed E-state index contributed by atoms with van der Waals surface area (Å²) < 4.78 is 0. The van der Waals surface area contributed by atoms with Crippen LogP contribution in [-0.2, 0) is 4.79 Å². The molecule has 1 unspecified atom stereocenters. The number of nitrogens with one attached hydrogen (secondary N) is 1. The number of aromatic nitrogens is 1. The van der Waals surface area contributed by atoms with Gasteiger partial charge in [-0.3, -0.25) is 20.2 Å². The molecular weight excluding hydrogens is 166 g/mol. The van der Waals surface area contributed by atoms with Gasteiger partial charge in [-0.2, -0.15) is 0 Å². The van der Waals surface area contributed by atoms with Crippen molar-refractivity contribution < 1.29 is 4.79 Å². The van der Waals surface area contributed by atoms with Crippen molar-refractivity contribution in [2.24, 2.45) is 5.92 Å². The lowest BCUT2D eigenvalue weighted by atomic mass is 10.2. The van der Waals surface area contributed by atoms with Gasteiger partial charge < -0.3 is 0 Å². The highest BCUT2D eigenvalue weighted by Gasteiger charge is 2.26. The van der Waals surface area contributed by atoms with Gasteiger partial charge in [0.25, 0.3) is 0 Å². The van der Waals surface area contributed by atoms with Gasteiger partial charge in [-0.05, 0) is 12.1 Å². The summed E-state index contributed by atoms with van der Waals surface area (Å²) in [7, 11) is 0. The van der Waals surface area contributed by atoms with Crippen molar-refractivity contribution in [3.63, 3.8) is 0 Å². The third kappa shape index (κ3) is 1.47. The Hall–Kier alpha value is -1.58. The van der Waals surface area contributed by atoms with Crippen molar-refractivity contribution in [2.45, 2.75) is 6.92 Å². The number of rotatable bonds is 1. The second kappa shape index (κ2) is 3.05. The molecule has 1 aromatic heterocycles. The van der Waals surface area contributed by atoms with Crippen LogP contribution < -0.4 is 10.4 Å². The molecule has 0 bridgehead atoms. The summed E-state index contributed by atoms with van der Waals surface area (Å²) in [6.45, 7) is 2.62. The molecular formula is C9H11N3O. The molecule has 1 amide bonds. The van der Waals surface area contributed by atoms with Crippen molar-refractivity contribution in [3.8, 4) is 0 Å². The smallest absolute Gasteiger partial charge is 0.243 e. The molecule has 1 N–H and O–H groups in total. The van der Waals surface area contributed by atoms with E-state index < -0.39 is 0 Å². The summed E-state index contributed by atoms with van der Waals surface area (Å²) in [5.41, 5.74) is 3.71. The Balaban J connectivity index is 2.17. The van der Waals surface area contributed by atoms with E-state index in [0.717, 1.165) is 5.69 Å². The van der Waals surface area contributed by atoms with Crippen LogP contribution in [0.1, 0.15) is 6.92 Å². The number of hydrogen-bond donors (Lipinski definition) is 1. The van der Waals surface area contributed by atoms with Crippen molar-refractivity contribution in [2.75, 3.05) is 11.6 Å². The topological polar surface area (TPSA) is 45.2 Å². The predicted octanol–water partition coefficient (Wildman–Crippen LogP) is 0.569. The first kappa shape index (κ1) is 8.04. The fourth-order valence-corrected chi connectivity index (χ4v) is 1.33. The number of hydrazine groups is 1. The van der Waals surface area contributed by atoms with Gasteiger partial charge in [0.15, 0.2) is 0 Å². The lowest BCUT2D eigenvalue weighted by Crippen LogP contribution is -2.32. The second-order valence-corrected chi connectivity index (χ2v) is 3.20. The zero-order valence-corrected chi connectivity index (χ0v) is 7.40. The van der Waals surface area contributed by atoms with E-state index in [9.17, 15) is 4.79 Å². The number of pyridine rings is 1. The summed E-state index contributed by atoms with van der Waals surface area (Å²) in [5.74, 6) is 0.129. The maximum atomic E-state index is 11.2. The van der Waals surface area contributed by atoms with E-state index in [-0.39, 0.29) is 11.8 Å². The minimum Gasteiger partial charge on any atom is -0.283 e. The first-order valence-electron chi connectivity index (χ1n) is 4.25. The molecule has 1 saturated heterocycles. The van der Waals surface area contributed by atoms with Crippen LogP contribution in [0.3, 0.4) is 0 Å². The third-order valence-corrected chi connectivity index (χ3v) is 2.11. The van der Waals surface area contributed by atoms with Gasteiger partial charge in [-0.25, -0.2) is 0 Å². The van der Waals surface area contributed by atoms with E-state index in [1.54, 1.807) is 12.4 Å². The van der Waals surface area contributed by atoms with E-state index in [0.29, 0.717) is 6.54 Å². The van der Waals surface area contributed by atoms with Crippen molar-refractivity contribution in [3.05, 3.63) is 24.5 Å². The van der Waals surface area contributed by atoms with Gasteiger partial charge in [-0.15, -0.1) is 0 Å². The first-order chi connectivity index (χ1) is 6.27. The minimum atomic E-state index is 0.0557. The maximum absolute atomic E-state index is 11.2. The molecule has 1 fully saturated rings. The van der Waals surface area contributed by atoms with E-state index >= 15 is 0 Å². The Morgan fingerprint density at radius 2 is 2.54 bits per heavy atom. The molecule has 2 rings (SSSR count). The SMILES string of the molecule is CC1CN(c2cccnc2)NC1=O. The van der Waals surface area contributed by atoms with Crippen LogP contribution in [0.15, 0.2) is 24.5 Å². The molecule has 0 radical (unpaired) electrons. The summed E-state index contributed by atoms with van der Waals surface area (Å²) in [5, 5.41) is 1.82. The van der Waals surface area contributed by atoms with Gasteiger partial charge in [0.05, 0.1) is 24.3 Å². The number of hydrogen-bond acceptors (Lipinski definition) is 3. The van der Waals surface area contributed by atoms with Crippen LogP contribution in [0.4, 0.5) is 5.69 Å². The predicted molar refractivity (Wildman–Crippen MR) is 48.9 cm³/mol. The van der Waals surface area contributed by atoms with Crippen molar-refractivity contribution in [1.29, 1.82) is 0 Å². The standard InChI is InChI=1S/C9H11N3O/c1-7-6-12(11-9(7)13)8-3-2-4-10-5-8/h2-5,7H,6H2,1H3,(H,11,13). The van der Waals surface area contributed by atoms with Crippen LogP contribution in [0.2, 0.25) is 0 Å². The molecule has 0 saturated carbocycles. The zero-order valence-electron chi connectivity index (χ0n) is 7.40. The molecule has 0 aliphatic carbocycles. The Kier molecular flexibility index (Phi) is 1.88. The molecule has 1 atom stereocenters. The highest BCUT2D eigenvalue weighted by atomic mass is 16.2. The van der Waals surface area contributed by atoms with Crippen LogP contribution in [0.25, 0.3) is 0 Å².